The smallest absolute Gasteiger partial charge is 0.279 e. The molecule has 2 aromatic heterocycles. The number of nitrogens with zero attached hydrogens (tertiary/aromatic N) is 5. The van der Waals surface area contributed by atoms with E-state index in [0.29, 0.717) is 36.3 Å². The summed E-state index contributed by atoms with van der Waals surface area (Å²) in [6, 6.07) is 31.3. The number of aliphatic hydroxyl groups excluding tert-OH is 1. The second-order valence-corrected chi connectivity index (χ2v) is 19.9. The van der Waals surface area contributed by atoms with Crippen LogP contribution >= 0.6 is 0 Å². The van der Waals surface area contributed by atoms with E-state index in [9.17, 15) is 9.90 Å². The van der Waals surface area contributed by atoms with Crippen LogP contribution in [0.3, 0.4) is 0 Å². The van der Waals surface area contributed by atoms with E-state index in [4.69, 9.17) is 9.47 Å². The van der Waals surface area contributed by atoms with Crippen molar-refractivity contribution in [2.24, 2.45) is 5.92 Å². The lowest BCUT2D eigenvalue weighted by Gasteiger charge is -2.37. The summed E-state index contributed by atoms with van der Waals surface area (Å²) < 4.78 is 16.2. The Hall–Kier alpha value is -5.56. The highest BCUT2D eigenvalue weighted by Gasteiger charge is 2.66. The molecule has 282 valence electrons. The third-order valence-corrected chi connectivity index (χ3v) is 16.3. The lowest BCUT2D eigenvalue weighted by Crippen LogP contribution is -2.52. The molecular formula is C43H46N6O5Si. The molecule has 2 aliphatic rings. The Morgan fingerprint density at radius 2 is 1.78 bits per heavy atom. The van der Waals surface area contributed by atoms with E-state index >= 15 is 4.79 Å². The second kappa shape index (κ2) is 14.3. The minimum atomic E-state index is -2.41. The van der Waals surface area contributed by atoms with Crippen LogP contribution in [-0.4, -0.2) is 70.2 Å². The predicted octanol–water partition coefficient (Wildman–Crippen LogP) is 5.88. The van der Waals surface area contributed by atoms with Gasteiger partial charge in [0.05, 0.1) is 61.8 Å². The van der Waals surface area contributed by atoms with E-state index < -0.39 is 13.7 Å². The van der Waals surface area contributed by atoms with Crippen molar-refractivity contribution in [1.29, 1.82) is 0 Å². The Bertz CT molecular complexity index is 2420. The molecule has 55 heavy (non-hydrogen) atoms. The number of benzene rings is 4. The minimum Gasteiger partial charge on any atom is -0.497 e. The monoisotopic (exact) mass is 754 g/mol. The van der Waals surface area contributed by atoms with Gasteiger partial charge in [0.2, 0.25) is 0 Å². The predicted molar refractivity (Wildman–Crippen MR) is 216 cm³/mol. The number of carbonyl (C=O) groups excluding carboxylic acids is 1. The van der Waals surface area contributed by atoms with Gasteiger partial charge in [-0.3, -0.25) is 19.4 Å². The largest absolute Gasteiger partial charge is 0.497 e. The van der Waals surface area contributed by atoms with Crippen LogP contribution in [0.5, 0.6) is 5.75 Å². The van der Waals surface area contributed by atoms with Crippen molar-refractivity contribution in [2.45, 2.75) is 56.1 Å². The van der Waals surface area contributed by atoms with Crippen molar-refractivity contribution in [3.63, 3.8) is 0 Å². The van der Waals surface area contributed by atoms with Gasteiger partial charge in [-0.05, 0) is 60.0 Å². The number of para-hydroxylation sites is 1. The van der Waals surface area contributed by atoms with Gasteiger partial charge in [0.25, 0.3) is 11.5 Å². The molecule has 0 radical (unpaired) electrons. The quantitative estimate of drug-likeness (QED) is 0.118. The minimum absolute atomic E-state index is 0.00155. The number of H-pyrrole nitrogens is 1. The Morgan fingerprint density at radius 3 is 2.49 bits per heavy atom. The average molecular weight is 755 g/mol. The summed E-state index contributed by atoms with van der Waals surface area (Å²) in [5.41, 5.74) is 3.05. The third-order valence-electron chi connectivity index (χ3n) is 11.9. The number of carbonyl (C=O) groups is 1. The van der Waals surface area contributed by atoms with Gasteiger partial charge in [-0.2, -0.15) is 0 Å². The van der Waals surface area contributed by atoms with Crippen molar-refractivity contribution < 1.29 is 19.4 Å². The number of ether oxygens (including phenoxy) is 2. The standard InChI is InChI=1S/C43H46N6O5Si/c1-6-23-48-38-21-16-30(49-41(51)33-14-10-11-15-36(33)45-49)25-35(38)43(42(48)52)28(2)40(55(4,5)32-19-17-31(53-3)18-20-32)39(54-43)22-24-47-26-37(44-46-47)34(27-50)29-12-8-7-9-13-29/h6-21,25-26,28,34,39-40,45,50H,1,22-24,27H2,2-5H3/t28-,34?,39+,40-,43+/m0/s1. The average Bonchev–Trinajstić information content (AvgIpc) is 3.95. The first-order valence-corrected chi connectivity index (χ1v) is 21.9. The van der Waals surface area contributed by atoms with E-state index in [-0.39, 0.29) is 41.6 Å². The molecule has 2 aliphatic heterocycles. The van der Waals surface area contributed by atoms with Crippen LogP contribution in [-0.2, 0) is 21.7 Å². The van der Waals surface area contributed by atoms with E-state index in [2.05, 4.69) is 54.1 Å². The van der Waals surface area contributed by atoms with Crippen LogP contribution < -0.4 is 20.4 Å². The van der Waals surface area contributed by atoms with Gasteiger partial charge in [0.1, 0.15) is 5.75 Å². The number of aliphatic hydroxyl groups is 1. The Balaban J connectivity index is 1.21. The fourth-order valence-corrected chi connectivity index (χ4v) is 13.2. The van der Waals surface area contributed by atoms with Crippen LogP contribution in [0.25, 0.3) is 16.6 Å². The van der Waals surface area contributed by atoms with Gasteiger partial charge in [-0.15, -0.1) is 11.7 Å². The van der Waals surface area contributed by atoms with Gasteiger partial charge in [-0.1, -0.05) is 91.1 Å². The lowest BCUT2D eigenvalue weighted by atomic mass is 9.82. The number of hydrogen-bond acceptors (Lipinski definition) is 7. The summed E-state index contributed by atoms with van der Waals surface area (Å²) in [5.74, 6) is 0.133. The Labute approximate surface area is 320 Å². The molecule has 1 saturated heterocycles. The molecule has 0 saturated carbocycles. The Morgan fingerprint density at radius 1 is 1.04 bits per heavy atom. The van der Waals surface area contributed by atoms with E-state index in [1.807, 2.05) is 95.8 Å². The molecule has 4 aromatic carbocycles. The van der Waals surface area contributed by atoms with Crippen LogP contribution in [0, 0.1) is 5.92 Å². The van der Waals surface area contributed by atoms with Gasteiger partial charge in [-0.25, -0.2) is 4.68 Å². The third kappa shape index (κ3) is 5.96. The molecule has 0 bridgehead atoms. The first-order valence-electron chi connectivity index (χ1n) is 18.8. The molecule has 11 nitrogen and oxygen atoms in total. The first kappa shape index (κ1) is 36.4. The Kier molecular flexibility index (Phi) is 9.44. The van der Waals surface area contributed by atoms with Crippen molar-refractivity contribution in [2.75, 3.05) is 25.2 Å². The topological polar surface area (TPSA) is 128 Å². The van der Waals surface area contributed by atoms with Crippen LogP contribution in [0.2, 0.25) is 18.6 Å². The highest BCUT2D eigenvalue weighted by atomic mass is 28.3. The summed E-state index contributed by atoms with van der Waals surface area (Å²) in [4.78, 5) is 30.4. The molecule has 12 heteroatoms. The molecular weight excluding hydrogens is 709 g/mol. The molecule has 6 aromatic rings. The number of anilines is 1. The summed E-state index contributed by atoms with van der Waals surface area (Å²) >= 11 is 0. The number of amides is 1. The molecule has 8 rings (SSSR count). The SMILES string of the molecule is C=CCN1C(=O)[C@]2(O[C@H](CCn3cc(C(CO)c4ccccc4)nn3)[C@@H]([Si](C)(C)c3ccc(OC)cc3)[C@@H]2C)c2cc(-n3[nH]c4ccccc4c3=O)ccc21. The maximum absolute atomic E-state index is 15.0. The molecule has 0 aliphatic carbocycles. The summed E-state index contributed by atoms with van der Waals surface area (Å²) in [6.45, 7) is 11.6. The van der Waals surface area contributed by atoms with E-state index in [1.165, 1.54) is 5.19 Å². The van der Waals surface area contributed by atoms with Crippen molar-refractivity contribution in [3.8, 4) is 11.4 Å². The number of hydrogen-bond donors (Lipinski definition) is 2. The molecule has 1 amide bonds. The molecule has 1 unspecified atom stereocenters. The van der Waals surface area contributed by atoms with E-state index in [1.54, 1.807) is 22.8 Å². The number of aromatic amines is 1. The fourth-order valence-electron chi connectivity index (χ4n) is 9.16. The highest BCUT2D eigenvalue weighted by Crippen LogP contribution is 2.60. The van der Waals surface area contributed by atoms with Gasteiger partial charge in [0, 0.05) is 30.8 Å². The summed E-state index contributed by atoms with van der Waals surface area (Å²) in [5, 5.41) is 24.3. The van der Waals surface area contributed by atoms with Gasteiger partial charge < -0.3 is 19.5 Å². The fraction of sp³-hybridized carbons (Fsp3) is 0.302. The van der Waals surface area contributed by atoms with Crippen LogP contribution in [0.4, 0.5) is 5.69 Å². The number of fused-ring (bicyclic) bond motifs is 3. The zero-order valence-electron chi connectivity index (χ0n) is 31.6. The molecule has 1 fully saturated rings. The highest BCUT2D eigenvalue weighted by molar-refractivity contribution is 6.91. The normalized spacial score (nSPS) is 21.4. The summed E-state index contributed by atoms with van der Waals surface area (Å²) in [7, 11) is -0.748. The molecule has 1 spiro atoms. The number of aryl methyl sites for hydroxylation is 1. The maximum Gasteiger partial charge on any atom is 0.279 e. The van der Waals surface area contributed by atoms with Crippen molar-refractivity contribution in [1.82, 2.24) is 24.8 Å². The van der Waals surface area contributed by atoms with Gasteiger partial charge in [0.15, 0.2) is 5.60 Å². The molecule has 4 heterocycles. The van der Waals surface area contributed by atoms with Crippen molar-refractivity contribution in [3.05, 3.63) is 143 Å². The van der Waals surface area contributed by atoms with Crippen LogP contribution in [0.1, 0.15) is 36.1 Å². The molecule has 5 atom stereocenters. The second-order valence-electron chi connectivity index (χ2n) is 15.2. The lowest BCUT2D eigenvalue weighted by molar-refractivity contribution is -0.145. The zero-order chi connectivity index (χ0) is 38.5. The first-order chi connectivity index (χ1) is 26.6. The number of rotatable bonds is 12. The summed E-state index contributed by atoms with van der Waals surface area (Å²) in [6.07, 6.45) is 3.88. The van der Waals surface area contributed by atoms with Gasteiger partial charge >= 0.3 is 0 Å². The maximum atomic E-state index is 15.0. The zero-order valence-corrected chi connectivity index (χ0v) is 32.6. The molecule has 2 N–H and O–H groups in total. The number of methoxy groups -OCH3 is 1. The van der Waals surface area contributed by atoms with Crippen molar-refractivity contribution >= 4 is 35.8 Å². The number of nitrogens with one attached hydrogen (secondary N) is 1. The van der Waals surface area contributed by atoms with E-state index in [0.717, 1.165) is 28.1 Å². The van der Waals surface area contributed by atoms with Crippen LogP contribution in [0.15, 0.2) is 121 Å². The number of aromatic nitrogens is 5.